The smallest absolute Gasteiger partial charge is 0.244 e. The number of hydrogen-bond donors (Lipinski definition) is 2. The summed E-state index contributed by atoms with van der Waals surface area (Å²) in [6.07, 6.45) is 11.2. The van der Waals surface area contributed by atoms with E-state index in [1.807, 2.05) is 24.4 Å². The first-order valence-corrected chi connectivity index (χ1v) is 7.72. The van der Waals surface area contributed by atoms with Crippen LogP contribution in [-0.4, -0.2) is 27.3 Å². The van der Waals surface area contributed by atoms with Crippen molar-refractivity contribution in [2.45, 2.75) is 37.1 Å². The van der Waals surface area contributed by atoms with E-state index in [1.165, 1.54) is 0 Å². The number of nitrogens with one attached hydrogen (secondary N) is 2. The summed E-state index contributed by atoms with van der Waals surface area (Å²) in [5.74, 6) is -0.0919. The molecule has 1 aliphatic rings. The van der Waals surface area contributed by atoms with Gasteiger partial charge in [0.1, 0.15) is 5.65 Å². The van der Waals surface area contributed by atoms with E-state index in [9.17, 15) is 4.79 Å². The molecule has 2 aromatic rings. The van der Waals surface area contributed by atoms with Gasteiger partial charge in [-0.2, -0.15) is 0 Å². The minimum absolute atomic E-state index is 0.0494. The molecule has 0 aliphatic heterocycles. The molecule has 0 spiro atoms. The topological polar surface area (TPSA) is 57.8 Å². The molecule has 3 rings (SSSR count). The third-order valence-electron chi connectivity index (χ3n) is 3.91. The molecule has 5 heteroatoms. The van der Waals surface area contributed by atoms with Crippen LogP contribution in [0.15, 0.2) is 30.6 Å². The quantitative estimate of drug-likeness (QED) is 0.675. The second-order valence-corrected chi connectivity index (χ2v) is 5.95. The lowest BCUT2D eigenvalue weighted by atomic mass is 9.95. The minimum atomic E-state index is -0.0919. The Labute approximate surface area is 128 Å². The van der Waals surface area contributed by atoms with Crippen LogP contribution in [0.4, 0.5) is 0 Å². The van der Waals surface area contributed by atoms with Crippen molar-refractivity contribution in [3.63, 3.8) is 0 Å². The molecule has 1 fully saturated rings. The monoisotopic (exact) mass is 303 g/mol. The van der Waals surface area contributed by atoms with Crippen LogP contribution in [0.2, 0.25) is 0 Å². The van der Waals surface area contributed by atoms with E-state index in [2.05, 4.69) is 15.3 Å². The maximum atomic E-state index is 12.0. The van der Waals surface area contributed by atoms with Crippen LogP contribution in [0.25, 0.3) is 17.1 Å². The SMILES string of the molecule is O=C(/C=C/c1c[nH]c2ncccc12)N[C@H]1CCCC[C@@H]1Cl. The molecule has 2 N–H and O–H groups in total. The maximum Gasteiger partial charge on any atom is 0.244 e. The number of H-pyrrole nitrogens is 1. The Morgan fingerprint density at radius 1 is 1.43 bits per heavy atom. The highest BCUT2D eigenvalue weighted by Crippen LogP contribution is 2.23. The number of nitrogens with zero attached hydrogens (tertiary/aromatic N) is 1. The Morgan fingerprint density at radius 2 is 2.29 bits per heavy atom. The van der Waals surface area contributed by atoms with Crippen molar-refractivity contribution in [3.05, 3.63) is 36.2 Å². The number of aromatic amines is 1. The zero-order valence-corrected chi connectivity index (χ0v) is 12.4. The number of fused-ring (bicyclic) bond motifs is 1. The third kappa shape index (κ3) is 3.27. The summed E-state index contributed by atoms with van der Waals surface area (Å²) >= 11 is 6.25. The number of amides is 1. The molecule has 1 saturated carbocycles. The Bertz CT molecular complexity index is 664. The van der Waals surface area contributed by atoms with Gasteiger partial charge >= 0.3 is 0 Å². The van der Waals surface area contributed by atoms with Crippen LogP contribution in [0, 0.1) is 0 Å². The van der Waals surface area contributed by atoms with E-state index in [-0.39, 0.29) is 17.3 Å². The fourth-order valence-corrected chi connectivity index (χ4v) is 3.10. The highest BCUT2D eigenvalue weighted by atomic mass is 35.5. The Hall–Kier alpha value is -1.81. The van der Waals surface area contributed by atoms with E-state index in [1.54, 1.807) is 12.3 Å². The number of pyridine rings is 1. The minimum Gasteiger partial charge on any atom is -0.348 e. The van der Waals surface area contributed by atoms with Crippen molar-refractivity contribution in [1.29, 1.82) is 0 Å². The van der Waals surface area contributed by atoms with Crippen LogP contribution in [-0.2, 0) is 4.79 Å². The molecule has 0 unspecified atom stereocenters. The molecule has 2 heterocycles. The van der Waals surface area contributed by atoms with E-state index < -0.39 is 0 Å². The van der Waals surface area contributed by atoms with Crippen LogP contribution in [0.3, 0.4) is 0 Å². The van der Waals surface area contributed by atoms with E-state index in [0.29, 0.717) is 0 Å². The summed E-state index contributed by atoms with van der Waals surface area (Å²) in [4.78, 5) is 19.3. The average Bonchev–Trinajstić information content (AvgIpc) is 2.91. The Kier molecular flexibility index (Phi) is 4.25. The number of halogens is 1. The molecule has 0 radical (unpaired) electrons. The second kappa shape index (κ2) is 6.31. The van der Waals surface area contributed by atoms with Gasteiger partial charge in [0.25, 0.3) is 0 Å². The van der Waals surface area contributed by atoms with Crippen LogP contribution in [0.1, 0.15) is 31.2 Å². The van der Waals surface area contributed by atoms with Gasteiger partial charge in [0, 0.05) is 35.5 Å². The lowest BCUT2D eigenvalue weighted by molar-refractivity contribution is -0.117. The molecule has 1 aliphatic carbocycles. The normalized spacial score (nSPS) is 22.7. The molecular formula is C16H18ClN3O. The first kappa shape index (κ1) is 14.1. The second-order valence-electron chi connectivity index (χ2n) is 5.39. The summed E-state index contributed by atoms with van der Waals surface area (Å²) in [7, 11) is 0. The van der Waals surface area contributed by atoms with E-state index in [0.717, 1.165) is 42.3 Å². The summed E-state index contributed by atoms with van der Waals surface area (Å²) in [5.41, 5.74) is 1.78. The fourth-order valence-electron chi connectivity index (χ4n) is 2.76. The lowest BCUT2D eigenvalue weighted by Crippen LogP contribution is -2.42. The predicted octanol–water partition coefficient (Wildman–Crippen LogP) is 3.24. The highest BCUT2D eigenvalue weighted by molar-refractivity contribution is 6.21. The van der Waals surface area contributed by atoms with Gasteiger partial charge in [-0.05, 0) is 31.1 Å². The van der Waals surface area contributed by atoms with E-state index in [4.69, 9.17) is 11.6 Å². The number of aromatic nitrogens is 2. The van der Waals surface area contributed by atoms with Crippen LogP contribution < -0.4 is 5.32 Å². The standard InChI is InChI=1S/C16H18ClN3O/c17-13-5-1-2-6-14(13)20-15(21)8-7-11-10-19-16-12(11)4-3-9-18-16/h3-4,7-10,13-14H,1-2,5-6H2,(H,18,19)(H,20,21)/b8-7+/t13-,14-/m0/s1. The van der Waals surface area contributed by atoms with Crippen molar-refractivity contribution in [1.82, 2.24) is 15.3 Å². The van der Waals surface area contributed by atoms with Crippen molar-refractivity contribution < 1.29 is 4.79 Å². The molecule has 0 saturated heterocycles. The molecule has 0 bridgehead atoms. The van der Waals surface area contributed by atoms with Gasteiger partial charge in [0.2, 0.25) is 5.91 Å². The summed E-state index contributed by atoms with van der Waals surface area (Å²) < 4.78 is 0. The van der Waals surface area contributed by atoms with Crippen LogP contribution >= 0.6 is 11.6 Å². The third-order valence-corrected chi connectivity index (χ3v) is 4.43. The first-order chi connectivity index (χ1) is 10.2. The van der Waals surface area contributed by atoms with Gasteiger partial charge in [-0.1, -0.05) is 12.8 Å². The van der Waals surface area contributed by atoms with Crippen molar-refractivity contribution in [2.75, 3.05) is 0 Å². The number of rotatable bonds is 3. The Balaban J connectivity index is 1.66. The zero-order valence-electron chi connectivity index (χ0n) is 11.7. The number of carbonyl (C=O) groups is 1. The number of hydrogen-bond acceptors (Lipinski definition) is 2. The molecule has 2 aromatic heterocycles. The molecule has 2 atom stereocenters. The van der Waals surface area contributed by atoms with Gasteiger partial charge < -0.3 is 10.3 Å². The highest BCUT2D eigenvalue weighted by Gasteiger charge is 2.23. The molecular weight excluding hydrogens is 286 g/mol. The lowest BCUT2D eigenvalue weighted by Gasteiger charge is -2.27. The van der Waals surface area contributed by atoms with Crippen molar-refractivity contribution >= 4 is 34.6 Å². The molecule has 0 aromatic carbocycles. The van der Waals surface area contributed by atoms with Crippen molar-refractivity contribution in [3.8, 4) is 0 Å². The predicted molar refractivity (Wildman–Crippen MR) is 85.2 cm³/mol. The fraction of sp³-hybridized carbons (Fsp3) is 0.375. The largest absolute Gasteiger partial charge is 0.348 e. The molecule has 110 valence electrons. The van der Waals surface area contributed by atoms with E-state index >= 15 is 0 Å². The first-order valence-electron chi connectivity index (χ1n) is 7.29. The molecule has 4 nitrogen and oxygen atoms in total. The van der Waals surface area contributed by atoms with Gasteiger partial charge in [-0.15, -0.1) is 11.6 Å². The summed E-state index contributed by atoms with van der Waals surface area (Å²) in [6, 6.07) is 3.95. The maximum absolute atomic E-state index is 12.0. The van der Waals surface area contributed by atoms with Gasteiger partial charge in [-0.3, -0.25) is 4.79 Å². The van der Waals surface area contributed by atoms with Gasteiger partial charge in [-0.25, -0.2) is 4.98 Å². The average molecular weight is 304 g/mol. The summed E-state index contributed by atoms with van der Waals surface area (Å²) in [6.45, 7) is 0. The van der Waals surface area contributed by atoms with Gasteiger partial charge in [0.05, 0.1) is 5.38 Å². The Morgan fingerprint density at radius 3 is 3.14 bits per heavy atom. The van der Waals surface area contributed by atoms with Crippen LogP contribution in [0.5, 0.6) is 0 Å². The zero-order chi connectivity index (χ0) is 14.7. The number of alkyl halides is 1. The molecule has 1 amide bonds. The van der Waals surface area contributed by atoms with Crippen molar-refractivity contribution in [2.24, 2.45) is 0 Å². The van der Waals surface area contributed by atoms with Gasteiger partial charge in [0.15, 0.2) is 0 Å². The molecule has 21 heavy (non-hydrogen) atoms. The number of carbonyl (C=O) groups excluding carboxylic acids is 1. The summed E-state index contributed by atoms with van der Waals surface area (Å²) in [5, 5.41) is 4.05.